The van der Waals surface area contributed by atoms with Crippen molar-refractivity contribution in [1.82, 2.24) is 9.55 Å². The maximum atomic E-state index is 12.5. The van der Waals surface area contributed by atoms with Crippen molar-refractivity contribution in [3.05, 3.63) is 22.7 Å². The number of nitrogens with zero attached hydrogens (tertiary/aromatic N) is 2. The third-order valence-electron chi connectivity index (χ3n) is 7.32. The second kappa shape index (κ2) is 24.6. The average Bonchev–Trinajstić information content (AvgIpc) is 3.21. The average molecular weight is 714 g/mol. The zero-order valence-corrected chi connectivity index (χ0v) is 33.1. The summed E-state index contributed by atoms with van der Waals surface area (Å²) in [6.45, 7) is 1.24. The second-order valence-electron chi connectivity index (χ2n) is 11.1. The molecule has 0 radical (unpaired) electrons. The molecule has 2 heterocycles. The molecular weight excluding hydrogens is 666 g/mol. The summed E-state index contributed by atoms with van der Waals surface area (Å²) in [4.78, 5) is 59.2. The van der Waals surface area contributed by atoms with Crippen LogP contribution in [0.5, 0.6) is 0 Å². The van der Waals surface area contributed by atoms with Crippen molar-refractivity contribution >= 4 is 27.4 Å². The Labute approximate surface area is 315 Å². The van der Waals surface area contributed by atoms with Crippen molar-refractivity contribution in [2.75, 3.05) is 11.9 Å². The minimum Gasteiger partial charge on any atom is -0.756 e. The summed E-state index contributed by atoms with van der Waals surface area (Å²) in [5, 5.41) is 23.0. The molecule has 4 N–H and O–H groups in total. The number of nitrogens with one attached hydrogen (secondary N) is 1. The number of aliphatic hydroxyl groups excluding tert-OH is 2. The Morgan fingerprint density at radius 1 is 0.935 bits per heavy atom. The fraction of sp³-hybridized carbons (Fsp3) is 0.815. The number of aliphatic hydroxyl groups is 2. The maximum absolute atomic E-state index is 12.5. The molecule has 2 unspecified atom stereocenters. The fourth-order valence-corrected chi connectivity index (χ4v) is 6.48. The molecule has 0 aliphatic carbocycles. The summed E-state index contributed by atoms with van der Waals surface area (Å²) in [5.74, 6) is -0.315. The molecule has 1 aliphatic heterocycles. The minimum atomic E-state index is -5.67. The van der Waals surface area contributed by atoms with Crippen molar-refractivity contribution in [2.24, 2.45) is 0 Å². The van der Waals surface area contributed by atoms with Crippen molar-refractivity contribution in [3.8, 4) is 0 Å². The van der Waals surface area contributed by atoms with Gasteiger partial charge in [-0.25, -0.2) is 9.11 Å². The van der Waals surface area contributed by atoms with Crippen LogP contribution in [0.1, 0.15) is 116 Å². The molecule has 254 valence electrons. The van der Waals surface area contributed by atoms with Gasteiger partial charge in [0.2, 0.25) is 5.91 Å². The zero-order valence-electron chi connectivity index (χ0n) is 27.3. The van der Waals surface area contributed by atoms with Gasteiger partial charge < -0.3 is 39.5 Å². The largest absolute Gasteiger partial charge is 1.00 e. The molecule has 15 nitrogen and oxygen atoms in total. The Morgan fingerprint density at radius 2 is 1.43 bits per heavy atom. The molecule has 19 heteroatoms. The third kappa shape index (κ3) is 19.0. The second-order valence-corrected chi connectivity index (χ2v) is 13.8. The standard InChI is InChI=1S/C27H49N3O12P2.2Na/c1-2-3-4-5-6-7-8-9-10-11-12-13-14-15-16-17-23(31)28-22-18-19-30(27(34)29-22)26-25(33)24(32)21(41-26)20-40-44(38,39)42-43(35,36)37;;/h18-19,21,24-26,32-33H,2-17,20H2,1H3,(H,38,39)(H2,35,36,37)(H,28,29,31,34);;/q;2*+1/p-2/t21-,24-,25-,26-;;/m1../s1. The normalized spacial score (nSPS) is 21.9. The van der Waals surface area contributed by atoms with Gasteiger partial charge in [0.25, 0.3) is 15.6 Å². The summed E-state index contributed by atoms with van der Waals surface area (Å²) < 4.78 is 35.9. The molecule has 6 atom stereocenters. The van der Waals surface area contributed by atoms with E-state index < -0.39 is 52.5 Å². The molecule has 1 aliphatic rings. The molecular formula is C27H47N3Na2O12P2. The maximum Gasteiger partial charge on any atom is 1.00 e. The molecule has 1 aromatic rings. The van der Waals surface area contributed by atoms with Gasteiger partial charge in [0, 0.05) is 12.6 Å². The fourth-order valence-electron chi connectivity index (χ4n) is 4.95. The van der Waals surface area contributed by atoms with E-state index in [-0.39, 0.29) is 77.3 Å². The van der Waals surface area contributed by atoms with Gasteiger partial charge in [-0.2, -0.15) is 4.98 Å². The van der Waals surface area contributed by atoms with E-state index in [1.165, 1.54) is 82.9 Å². The van der Waals surface area contributed by atoms with Crippen LogP contribution in [-0.2, 0) is 27.5 Å². The summed E-state index contributed by atoms with van der Waals surface area (Å²) in [6, 6.07) is 1.30. The van der Waals surface area contributed by atoms with E-state index in [9.17, 15) is 38.7 Å². The number of ether oxygens (including phenoxy) is 1. The number of anilines is 1. The molecule has 0 spiro atoms. The molecule has 0 saturated carbocycles. The summed E-state index contributed by atoms with van der Waals surface area (Å²) in [7, 11) is -11.2. The van der Waals surface area contributed by atoms with E-state index in [1.807, 2.05) is 0 Å². The molecule has 1 fully saturated rings. The monoisotopic (exact) mass is 713 g/mol. The quantitative estimate of drug-likeness (QED) is 0.0505. The van der Waals surface area contributed by atoms with E-state index >= 15 is 0 Å². The number of carbonyl (C=O) groups is 1. The van der Waals surface area contributed by atoms with Gasteiger partial charge >= 0.3 is 64.8 Å². The third-order valence-corrected chi connectivity index (χ3v) is 9.41. The van der Waals surface area contributed by atoms with Crippen molar-refractivity contribution in [1.29, 1.82) is 0 Å². The van der Waals surface area contributed by atoms with Crippen molar-refractivity contribution in [3.63, 3.8) is 0 Å². The topological polar surface area (TPSA) is 233 Å². The molecule has 1 saturated heterocycles. The predicted octanol–water partition coefficient (Wildman–Crippen LogP) is -2.97. The van der Waals surface area contributed by atoms with Crippen molar-refractivity contribution < 1.29 is 112 Å². The summed E-state index contributed by atoms with van der Waals surface area (Å²) in [6.07, 6.45) is 13.2. The Hall–Kier alpha value is 0.490. The van der Waals surface area contributed by atoms with Crippen LogP contribution in [0.2, 0.25) is 0 Å². The van der Waals surface area contributed by atoms with Crippen LogP contribution in [0.4, 0.5) is 5.82 Å². The van der Waals surface area contributed by atoms with Gasteiger partial charge in [0.05, 0.1) is 6.61 Å². The van der Waals surface area contributed by atoms with E-state index in [1.54, 1.807) is 0 Å². The van der Waals surface area contributed by atoms with Crippen LogP contribution in [-0.4, -0.2) is 55.5 Å². The Bertz CT molecular complexity index is 1160. The Morgan fingerprint density at radius 3 is 1.91 bits per heavy atom. The number of rotatable bonds is 23. The van der Waals surface area contributed by atoms with Crippen molar-refractivity contribution in [2.45, 2.75) is 134 Å². The number of phosphoric acid groups is 2. The first-order valence-corrected chi connectivity index (χ1v) is 18.4. The number of carbonyl (C=O) groups excluding carboxylic acids is 1. The minimum absolute atomic E-state index is 0. The van der Waals surface area contributed by atoms with Gasteiger partial charge in [0.15, 0.2) is 6.23 Å². The molecule has 1 amide bonds. The molecule has 46 heavy (non-hydrogen) atoms. The first kappa shape index (κ1) is 46.5. The number of aromatic nitrogens is 2. The van der Waals surface area contributed by atoms with Gasteiger partial charge in [-0.1, -0.05) is 96.8 Å². The van der Waals surface area contributed by atoms with Crippen LogP contribution in [0.15, 0.2) is 17.1 Å². The van der Waals surface area contributed by atoms with Crippen LogP contribution in [0.25, 0.3) is 0 Å². The SMILES string of the molecule is CCCCCCCCCCCCCCCCCC(=O)Nc1ccn([C@@H]2O[C@H](COP(=O)([O-])OP(=O)([O-])O)[C@@H](O)[C@H]2O)c(=O)n1.[Na+].[Na+]. The first-order chi connectivity index (χ1) is 20.8. The Balaban J connectivity index is 0.0000101. The summed E-state index contributed by atoms with van der Waals surface area (Å²) >= 11 is 0. The van der Waals surface area contributed by atoms with E-state index in [2.05, 4.69) is 26.1 Å². The van der Waals surface area contributed by atoms with Gasteiger partial charge in [-0.15, -0.1) is 0 Å². The van der Waals surface area contributed by atoms with E-state index in [0.717, 1.165) is 23.8 Å². The van der Waals surface area contributed by atoms with Crippen LogP contribution in [0, 0.1) is 0 Å². The number of amides is 1. The van der Waals surface area contributed by atoms with E-state index in [0.29, 0.717) is 6.42 Å². The number of hydrogen-bond acceptors (Lipinski definition) is 12. The Kier molecular flexibility index (Phi) is 24.9. The predicted molar refractivity (Wildman–Crippen MR) is 157 cm³/mol. The van der Waals surface area contributed by atoms with Crippen LogP contribution < -0.4 is 79.9 Å². The summed E-state index contributed by atoms with van der Waals surface area (Å²) in [5.41, 5.74) is -0.932. The van der Waals surface area contributed by atoms with Gasteiger partial charge in [-0.3, -0.25) is 18.5 Å². The molecule has 2 rings (SSSR count). The number of unbranched alkanes of at least 4 members (excludes halogenated alkanes) is 14. The van der Waals surface area contributed by atoms with E-state index in [4.69, 9.17) is 9.63 Å². The van der Waals surface area contributed by atoms with Gasteiger partial charge in [0.1, 0.15) is 24.1 Å². The first-order valence-electron chi connectivity index (χ1n) is 15.4. The van der Waals surface area contributed by atoms with Gasteiger partial charge in [-0.05, 0) is 12.5 Å². The molecule has 1 aromatic heterocycles. The molecule has 0 aromatic carbocycles. The zero-order chi connectivity index (χ0) is 32.6. The molecule has 0 bridgehead atoms. The smallest absolute Gasteiger partial charge is 0.756 e. The number of hydrogen-bond donors (Lipinski definition) is 4. The van der Waals surface area contributed by atoms with Crippen LogP contribution in [0.3, 0.4) is 0 Å². The van der Waals surface area contributed by atoms with Crippen LogP contribution >= 0.6 is 15.6 Å². The number of phosphoric ester groups is 1.